The fourth-order valence-electron chi connectivity index (χ4n) is 3.08. The zero-order valence-corrected chi connectivity index (χ0v) is 22.4. The average Bonchev–Trinajstić information content (AvgIpc) is 3.21. The van der Waals surface area contributed by atoms with E-state index >= 15 is 0 Å². The van der Waals surface area contributed by atoms with Gasteiger partial charge in [0.15, 0.2) is 21.3 Å². The van der Waals surface area contributed by atoms with Crippen LogP contribution in [0.4, 0.5) is 11.4 Å². The van der Waals surface area contributed by atoms with Gasteiger partial charge in [-0.2, -0.15) is 0 Å². The third-order valence-corrected chi connectivity index (χ3v) is 9.19. The zero-order chi connectivity index (χ0) is 26.0. The molecule has 0 saturated carbocycles. The maximum atomic E-state index is 13.4. The van der Waals surface area contributed by atoms with E-state index < -0.39 is 25.8 Å². The average molecular weight is 559 g/mol. The third kappa shape index (κ3) is 5.89. The Bertz CT molecular complexity index is 1450. The standard InChI is InChI=1S/C22H23ClN2O7S3/c1-5-32-17-11-8-15(12-18(17)31-3)25(2)35(29,30)19-13-20(23)33-21(19)22(26)24-14-6-9-16(10-7-14)34(4,27)28/h6-13H,5H2,1-4H3,(H,24,26). The Hall–Kier alpha value is -2.80. The van der Waals surface area contributed by atoms with Crippen molar-refractivity contribution in [3.63, 3.8) is 0 Å². The van der Waals surface area contributed by atoms with Crippen LogP contribution in [0.25, 0.3) is 0 Å². The monoisotopic (exact) mass is 558 g/mol. The molecule has 188 valence electrons. The van der Waals surface area contributed by atoms with Crippen LogP contribution in [0.5, 0.6) is 11.5 Å². The highest BCUT2D eigenvalue weighted by Gasteiger charge is 2.30. The lowest BCUT2D eigenvalue weighted by Gasteiger charge is -2.21. The molecule has 0 fully saturated rings. The van der Waals surface area contributed by atoms with Gasteiger partial charge < -0.3 is 14.8 Å². The van der Waals surface area contributed by atoms with E-state index in [0.29, 0.717) is 23.8 Å². The Morgan fingerprint density at radius 2 is 1.71 bits per heavy atom. The highest BCUT2D eigenvalue weighted by Crippen LogP contribution is 2.36. The summed E-state index contributed by atoms with van der Waals surface area (Å²) in [4.78, 5) is 12.7. The predicted molar refractivity (Wildman–Crippen MR) is 137 cm³/mol. The second-order valence-electron chi connectivity index (χ2n) is 7.24. The molecule has 9 nitrogen and oxygen atoms in total. The minimum atomic E-state index is -4.19. The number of nitrogens with one attached hydrogen (secondary N) is 1. The maximum Gasteiger partial charge on any atom is 0.267 e. The number of sulfonamides is 1. The van der Waals surface area contributed by atoms with Crippen LogP contribution >= 0.6 is 22.9 Å². The summed E-state index contributed by atoms with van der Waals surface area (Å²) in [7, 11) is -4.80. The van der Waals surface area contributed by atoms with Crippen molar-refractivity contribution in [2.75, 3.05) is 36.6 Å². The largest absolute Gasteiger partial charge is 0.493 e. The Morgan fingerprint density at radius 3 is 2.29 bits per heavy atom. The molecule has 3 rings (SSSR count). The number of ether oxygens (including phenoxy) is 2. The van der Waals surface area contributed by atoms with Gasteiger partial charge in [0.05, 0.1) is 28.6 Å². The molecule has 0 aliphatic carbocycles. The van der Waals surface area contributed by atoms with Gasteiger partial charge in [-0.25, -0.2) is 16.8 Å². The van der Waals surface area contributed by atoms with Gasteiger partial charge in [-0.3, -0.25) is 9.10 Å². The lowest BCUT2D eigenvalue weighted by atomic mass is 10.3. The summed E-state index contributed by atoms with van der Waals surface area (Å²) in [5, 5.41) is 2.58. The fraction of sp³-hybridized carbons (Fsp3) is 0.227. The van der Waals surface area contributed by atoms with Crippen molar-refractivity contribution in [1.82, 2.24) is 0 Å². The number of thiophene rings is 1. The van der Waals surface area contributed by atoms with Crippen molar-refractivity contribution in [3.8, 4) is 11.5 Å². The van der Waals surface area contributed by atoms with Crippen LogP contribution in [-0.4, -0.2) is 49.8 Å². The van der Waals surface area contributed by atoms with Crippen LogP contribution in [0.3, 0.4) is 0 Å². The van der Waals surface area contributed by atoms with Gasteiger partial charge in [-0.15, -0.1) is 11.3 Å². The molecule has 35 heavy (non-hydrogen) atoms. The molecule has 0 bridgehead atoms. The maximum absolute atomic E-state index is 13.4. The number of carbonyl (C=O) groups excluding carboxylic acids is 1. The molecule has 0 unspecified atom stereocenters. The van der Waals surface area contributed by atoms with Crippen molar-refractivity contribution in [2.24, 2.45) is 0 Å². The number of hydrogen-bond acceptors (Lipinski definition) is 8. The molecule has 0 aliphatic rings. The van der Waals surface area contributed by atoms with Gasteiger partial charge in [0.2, 0.25) is 0 Å². The van der Waals surface area contributed by atoms with Crippen LogP contribution in [0.15, 0.2) is 58.3 Å². The van der Waals surface area contributed by atoms with E-state index in [1.807, 2.05) is 6.92 Å². The van der Waals surface area contributed by atoms with Crippen molar-refractivity contribution >= 4 is 60.1 Å². The van der Waals surface area contributed by atoms with E-state index in [-0.39, 0.29) is 24.7 Å². The van der Waals surface area contributed by atoms with E-state index in [4.69, 9.17) is 21.1 Å². The molecule has 0 radical (unpaired) electrons. The lowest BCUT2D eigenvalue weighted by Crippen LogP contribution is -2.28. The molecule has 0 spiro atoms. The molecule has 1 aromatic heterocycles. The molecule has 1 N–H and O–H groups in total. The molecule has 1 heterocycles. The van der Waals surface area contributed by atoms with Gasteiger partial charge in [0.25, 0.3) is 15.9 Å². The summed E-state index contributed by atoms with van der Waals surface area (Å²) in [6, 6.07) is 11.4. The Balaban J connectivity index is 1.92. The molecule has 2 aromatic carbocycles. The summed E-state index contributed by atoms with van der Waals surface area (Å²) in [5.41, 5.74) is 0.579. The molecule has 1 amide bonds. The van der Waals surface area contributed by atoms with Crippen LogP contribution < -0.4 is 19.1 Å². The first kappa shape index (κ1) is 26.8. The Kier molecular flexibility index (Phi) is 8.00. The first-order chi connectivity index (χ1) is 16.4. The quantitative estimate of drug-likeness (QED) is 0.416. The zero-order valence-electron chi connectivity index (χ0n) is 19.2. The molecule has 0 aliphatic heterocycles. The van der Waals surface area contributed by atoms with E-state index in [0.717, 1.165) is 21.9 Å². The molecule has 13 heteroatoms. The van der Waals surface area contributed by atoms with Crippen LogP contribution in [-0.2, 0) is 19.9 Å². The number of nitrogens with zero attached hydrogens (tertiary/aromatic N) is 1. The number of halogens is 1. The van der Waals surface area contributed by atoms with E-state index in [2.05, 4.69) is 5.32 Å². The summed E-state index contributed by atoms with van der Waals surface area (Å²) in [5.74, 6) is 0.112. The molecular weight excluding hydrogens is 536 g/mol. The second-order valence-corrected chi connectivity index (χ2v) is 12.9. The first-order valence-corrected chi connectivity index (χ1v) is 14.6. The van der Waals surface area contributed by atoms with Crippen LogP contribution in [0, 0.1) is 0 Å². The van der Waals surface area contributed by atoms with Gasteiger partial charge in [-0.05, 0) is 49.4 Å². The lowest BCUT2D eigenvalue weighted by molar-refractivity contribution is 0.102. The van der Waals surface area contributed by atoms with Gasteiger partial charge in [-0.1, -0.05) is 11.6 Å². The van der Waals surface area contributed by atoms with E-state index in [1.165, 1.54) is 50.6 Å². The SMILES string of the molecule is CCOc1ccc(N(C)S(=O)(=O)c2cc(Cl)sc2C(=O)Nc2ccc(S(C)(=O)=O)cc2)cc1OC. The van der Waals surface area contributed by atoms with Crippen molar-refractivity contribution in [3.05, 3.63) is 57.7 Å². The highest BCUT2D eigenvalue weighted by molar-refractivity contribution is 7.93. The summed E-state index contributed by atoms with van der Waals surface area (Å²) < 4.78 is 62.1. The Labute approximate surface area is 213 Å². The third-order valence-electron chi connectivity index (χ3n) is 4.86. The van der Waals surface area contributed by atoms with Crippen LogP contribution in [0.2, 0.25) is 4.34 Å². The van der Waals surface area contributed by atoms with E-state index in [9.17, 15) is 21.6 Å². The molecule has 0 saturated heterocycles. The van der Waals surface area contributed by atoms with Gasteiger partial charge >= 0.3 is 0 Å². The van der Waals surface area contributed by atoms with E-state index in [1.54, 1.807) is 12.1 Å². The number of sulfone groups is 1. The minimum absolute atomic E-state index is 0.0883. The summed E-state index contributed by atoms with van der Waals surface area (Å²) in [6.07, 6.45) is 1.07. The van der Waals surface area contributed by atoms with Crippen molar-refractivity contribution in [2.45, 2.75) is 16.7 Å². The van der Waals surface area contributed by atoms with Gasteiger partial charge in [0.1, 0.15) is 9.77 Å². The fourth-order valence-corrected chi connectivity index (χ4v) is 6.59. The number of amides is 1. The Morgan fingerprint density at radius 1 is 1.06 bits per heavy atom. The highest BCUT2D eigenvalue weighted by atomic mass is 35.5. The van der Waals surface area contributed by atoms with Crippen molar-refractivity contribution in [1.29, 1.82) is 0 Å². The first-order valence-electron chi connectivity index (χ1n) is 10.1. The number of rotatable bonds is 9. The van der Waals surface area contributed by atoms with Crippen molar-refractivity contribution < 1.29 is 31.1 Å². The number of methoxy groups -OCH3 is 1. The summed E-state index contributed by atoms with van der Waals surface area (Å²) in [6.45, 7) is 2.23. The smallest absolute Gasteiger partial charge is 0.267 e. The number of hydrogen-bond donors (Lipinski definition) is 1. The second kappa shape index (κ2) is 10.4. The molecule has 0 atom stereocenters. The van der Waals surface area contributed by atoms with Crippen LogP contribution in [0.1, 0.15) is 16.6 Å². The predicted octanol–water partition coefficient (Wildman–Crippen LogP) is 4.29. The molecule has 3 aromatic rings. The van der Waals surface area contributed by atoms with Gasteiger partial charge in [0, 0.05) is 25.1 Å². The number of benzene rings is 2. The molecular formula is C22H23ClN2O7S3. The topological polar surface area (TPSA) is 119 Å². The normalized spacial score (nSPS) is 11.7. The minimum Gasteiger partial charge on any atom is -0.493 e. The summed E-state index contributed by atoms with van der Waals surface area (Å²) >= 11 is 6.91. The number of anilines is 2. The number of carbonyl (C=O) groups is 1.